The second-order valence-corrected chi connectivity index (χ2v) is 9.36. The molecule has 1 aliphatic rings. The van der Waals surface area contributed by atoms with Crippen LogP contribution in [-0.4, -0.2) is 49.7 Å². The molecule has 3 aromatic rings. The summed E-state index contributed by atoms with van der Waals surface area (Å²) in [6, 6.07) is 5.18. The van der Waals surface area contributed by atoms with E-state index in [9.17, 15) is 17.4 Å². The Bertz CT molecular complexity index is 1140. The molecule has 11 heteroatoms. The Labute approximate surface area is 178 Å². The van der Waals surface area contributed by atoms with Gasteiger partial charge in [0.25, 0.3) is 5.89 Å². The molecule has 0 unspecified atom stereocenters. The van der Waals surface area contributed by atoms with Crippen LogP contribution in [0.5, 0.6) is 5.75 Å². The third-order valence-corrected chi connectivity index (χ3v) is 6.44. The molecular formula is C20H21F3N4O3S. The highest BCUT2D eigenvalue weighted by Crippen LogP contribution is 2.34. The summed E-state index contributed by atoms with van der Waals surface area (Å²) in [6.45, 7) is 4.35. The molecule has 0 amide bonds. The average Bonchev–Trinajstić information content (AvgIpc) is 3.13. The Kier molecular flexibility index (Phi) is 5.63. The minimum Gasteiger partial charge on any atom is -0.484 e. The summed E-state index contributed by atoms with van der Waals surface area (Å²) in [5, 5.41) is 11.8. The molecule has 0 bridgehead atoms. The first-order valence-corrected chi connectivity index (χ1v) is 11.2. The van der Waals surface area contributed by atoms with Crippen LogP contribution < -0.4 is 10.1 Å². The number of nitrogens with one attached hydrogen (secondary N) is 1. The van der Waals surface area contributed by atoms with Crippen molar-refractivity contribution < 1.29 is 26.5 Å². The van der Waals surface area contributed by atoms with E-state index < -0.39 is 23.6 Å². The van der Waals surface area contributed by atoms with Crippen molar-refractivity contribution in [3.8, 4) is 17.3 Å². The van der Waals surface area contributed by atoms with E-state index in [1.807, 2.05) is 20.8 Å². The Hall–Kier alpha value is -2.69. The van der Waals surface area contributed by atoms with Gasteiger partial charge >= 0.3 is 12.2 Å². The molecule has 4 rings (SSSR count). The number of ether oxygens (including phenoxy) is 1. The second-order valence-electron chi connectivity index (χ2n) is 7.82. The van der Waals surface area contributed by atoms with Gasteiger partial charge in [0.2, 0.25) is 0 Å². The van der Waals surface area contributed by atoms with E-state index in [1.165, 1.54) is 0 Å². The smallest absolute Gasteiger partial charge is 0.422 e. The van der Waals surface area contributed by atoms with Gasteiger partial charge in [-0.2, -0.15) is 13.2 Å². The number of nitrogens with zero attached hydrogens (tertiary/aromatic N) is 3. The van der Waals surface area contributed by atoms with Crippen LogP contribution in [0.4, 0.5) is 19.2 Å². The number of hydrogen-bond acceptors (Lipinski definition) is 7. The molecule has 1 N–H and O–H groups in total. The summed E-state index contributed by atoms with van der Waals surface area (Å²) in [7, 11) is -0.797. The second kappa shape index (κ2) is 8.10. The zero-order valence-corrected chi connectivity index (χ0v) is 17.9. The van der Waals surface area contributed by atoms with Crippen LogP contribution in [0.15, 0.2) is 22.6 Å². The van der Waals surface area contributed by atoms with Crippen molar-refractivity contribution in [2.45, 2.75) is 38.9 Å². The highest BCUT2D eigenvalue weighted by atomic mass is 32.2. The van der Waals surface area contributed by atoms with Crippen molar-refractivity contribution >= 4 is 27.7 Å². The Balaban J connectivity index is 1.68. The monoisotopic (exact) mass is 454 g/mol. The van der Waals surface area contributed by atoms with Crippen LogP contribution in [-0.2, 0) is 10.8 Å². The number of benzene rings is 1. The lowest BCUT2D eigenvalue weighted by molar-refractivity contribution is -0.153. The first-order valence-electron chi connectivity index (χ1n) is 9.69. The number of aryl methyl sites for hydroxylation is 1. The number of halogens is 3. The van der Waals surface area contributed by atoms with Crippen molar-refractivity contribution in [3.05, 3.63) is 29.3 Å². The number of anilines is 1. The standard InChI is InChI=1S/C20H21F3N4O3S/c1-10(2)14-5-13(29-9-20(21,22)23)6-15-11(3)4-16(25-17(14)15)18-26-27-19(30-18)24-12-7-31(28)8-12/h4-6,10,12H,7-9H2,1-3H3,(H,24,27). The van der Waals surface area contributed by atoms with E-state index in [-0.39, 0.29) is 29.6 Å². The van der Waals surface area contributed by atoms with Crippen LogP contribution in [0.3, 0.4) is 0 Å². The summed E-state index contributed by atoms with van der Waals surface area (Å²) in [5.41, 5.74) is 2.66. The lowest BCUT2D eigenvalue weighted by atomic mass is 9.97. The normalized spacial score (nSPS) is 18.9. The minimum absolute atomic E-state index is 0.00140. The van der Waals surface area contributed by atoms with Gasteiger partial charge in [-0.3, -0.25) is 4.21 Å². The van der Waals surface area contributed by atoms with Crippen LogP contribution in [0.1, 0.15) is 30.9 Å². The number of hydrogen-bond donors (Lipinski definition) is 1. The number of fused-ring (bicyclic) bond motifs is 1. The van der Waals surface area contributed by atoms with Gasteiger partial charge < -0.3 is 14.5 Å². The third kappa shape index (κ3) is 4.81. The molecule has 0 radical (unpaired) electrons. The molecule has 2 aromatic heterocycles. The van der Waals surface area contributed by atoms with E-state index in [0.717, 1.165) is 11.1 Å². The zero-order valence-electron chi connectivity index (χ0n) is 17.1. The lowest BCUT2D eigenvalue weighted by Crippen LogP contribution is -2.42. The Morgan fingerprint density at radius 1 is 1.26 bits per heavy atom. The van der Waals surface area contributed by atoms with Crippen LogP contribution >= 0.6 is 0 Å². The summed E-state index contributed by atoms with van der Waals surface area (Å²) < 4.78 is 59.6. The molecule has 1 aromatic carbocycles. The summed E-state index contributed by atoms with van der Waals surface area (Å²) in [6.07, 6.45) is -4.41. The number of pyridine rings is 1. The lowest BCUT2D eigenvalue weighted by Gasteiger charge is -2.24. The maximum Gasteiger partial charge on any atom is 0.422 e. The molecule has 0 saturated carbocycles. The van der Waals surface area contributed by atoms with Crippen LogP contribution in [0, 0.1) is 6.92 Å². The topological polar surface area (TPSA) is 90.1 Å². The number of alkyl halides is 3. The summed E-state index contributed by atoms with van der Waals surface area (Å²) in [4.78, 5) is 4.67. The Morgan fingerprint density at radius 3 is 2.65 bits per heavy atom. The Morgan fingerprint density at radius 2 is 2.00 bits per heavy atom. The fourth-order valence-corrected chi connectivity index (χ4v) is 4.30. The molecule has 1 aliphatic heterocycles. The van der Waals surface area contributed by atoms with E-state index in [4.69, 9.17) is 9.15 Å². The van der Waals surface area contributed by atoms with Crippen LogP contribution in [0.25, 0.3) is 22.5 Å². The van der Waals surface area contributed by atoms with E-state index in [1.54, 1.807) is 18.2 Å². The van der Waals surface area contributed by atoms with Crippen molar-refractivity contribution in [2.24, 2.45) is 0 Å². The first kappa shape index (κ1) is 21.5. The van der Waals surface area contributed by atoms with Crippen LogP contribution in [0.2, 0.25) is 0 Å². The first-order chi connectivity index (χ1) is 14.6. The minimum atomic E-state index is -4.41. The molecule has 1 fully saturated rings. The summed E-state index contributed by atoms with van der Waals surface area (Å²) in [5.74, 6) is 1.45. The van der Waals surface area contributed by atoms with Gasteiger partial charge in [0.1, 0.15) is 11.4 Å². The predicted molar refractivity (Wildman–Crippen MR) is 111 cm³/mol. The molecule has 166 valence electrons. The average molecular weight is 454 g/mol. The molecule has 0 spiro atoms. The highest BCUT2D eigenvalue weighted by molar-refractivity contribution is 7.86. The van der Waals surface area contributed by atoms with E-state index in [2.05, 4.69) is 20.5 Å². The quantitative estimate of drug-likeness (QED) is 0.597. The molecule has 7 nitrogen and oxygen atoms in total. The molecule has 0 atom stereocenters. The van der Waals surface area contributed by atoms with Crippen molar-refractivity contribution in [1.29, 1.82) is 0 Å². The van der Waals surface area contributed by atoms with Gasteiger partial charge in [0.15, 0.2) is 6.61 Å². The fourth-order valence-electron chi connectivity index (χ4n) is 3.33. The largest absolute Gasteiger partial charge is 0.484 e. The number of aromatic nitrogens is 3. The SMILES string of the molecule is Cc1cc(-c2nnc(NC3CS(=O)C3)o2)nc2c(C(C)C)cc(OCC(F)(F)F)cc12. The van der Waals surface area contributed by atoms with Gasteiger partial charge in [-0.05, 0) is 42.2 Å². The van der Waals surface area contributed by atoms with E-state index in [0.29, 0.717) is 28.1 Å². The summed E-state index contributed by atoms with van der Waals surface area (Å²) >= 11 is 0. The van der Waals surface area contributed by atoms with Crippen molar-refractivity contribution in [1.82, 2.24) is 15.2 Å². The van der Waals surface area contributed by atoms with Gasteiger partial charge in [0, 0.05) is 27.7 Å². The van der Waals surface area contributed by atoms with Crippen molar-refractivity contribution in [3.63, 3.8) is 0 Å². The fraction of sp³-hybridized carbons (Fsp3) is 0.450. The predicted octanol–water partition coefficient (Wildman–Crippen LogP) is 4.20. The molecule has 31 heavy (non-hydrogen) atoms. The third-order valence-electron chi connectivity index (χ3n) is 4.89. The van der Waals surface area contributed by atoms with Gasteiger partial charge in [-0.25, -0.2) is 4.98 Å². The maximum atomic E-state index is 12.6. The molecule has 3 heterocycles. The molecular weight excluding hydrogens is 433 g/mol. The van der Waals surface area contributed by atoms with Gasteiger partial charge in [0.05, 0.1) is 11.6 Å². The molecule has 0 aliphatic carbocycles. The van der Waals surface area contributed by atoms with Crippen molar-refractivity contribution in [2.75, 3.05) is 23.4 Å². The van der Waals surface area contributed by atoms with Gasteiger partial charge in [-0.1, -0.05) is 18.9 Å². The van der Waals surface area contributed by atoms with E-state index >= 15 is 0 Å². The zero-order chi connectivity index (χ0) is 22.3. The van der Waals surface area contributed by atoms with Gasteiger partial charge in [-0.15, -0.1) is 5.10 Å². The highest BCUT2D eigenvalue weighted by Gasteiger charge is 2.29. The number of rotatable bonds is 6. The maximum absolute atomic E-state index is 12.6. The molecule has 1 saturated heterocycles.